The highest BCUT2D eigenvalue weighted by Crippen LogP contribution is 2.22. The Morgan fingerprint density at radius 1 is 0.935 bits per heavy atom. The van der Waals surface area contributed by atoms with Crippen LogP contribution in [-0.2, 0) is 6.54 Å². The summed E-state index contributed by atoms with van der Waals surface area (Å²) < 4.78 is 13.2. The van der Waals surface area contributed by atoms with Crippen LogP contribution in [0.5, 0.6) is 0 Å². The summed E-state index contributed by atoms with van der Waals surface area (Å²) in [6, 6.07) is 23.1. The Hall–Kier alpha value is -4.06. The molecule has 2 N–H and O–H groups in total. The maximum absolute atomic E-state index is 13.2. The molecule has 0 spiro atoms. The molecule has 0 unspecified atom stereocenters. The molecule has 1 heterocycles. The van der Waals surface area contributed by atoms with E-state index >= 15 is 0 Å². The van der Waals surface area contributed by atoms with Crippen molar-refractivity contribution in [3.8, 4) is 11.3 Å². The molecule has 3 aromatic carbocycles. The summed E-state index contributed by atoms with van der Waals surface area (Å²) in [5, 5.41) is 6.13. The van der Waals surface area contributed by atoms with Crippen molar-refractivity contribution in [3.05, 3.63) is 108 Å². The van der Waals surface area contributed by atoms with E-state index in [0.717, 1.165) is 16.8 Å². The fraction of sp³-hybridized carbons (Fsp3) is 0.0800. The number of carbonyl (C=O) groups is 1. The molecule has 154 valence electrons. The Morgan fingerprint density at radius 2 is 1.71 bits per heavy atom. The van der Waals surface area contributed by atoms with Crippen molar-refractivity contribution in [2.45, 2.75) is 13.5 Å². The van der Waals surface area contributed by atoms with Crippen LogP contribution < -0.4 is 10.6 Å². The largest absolute Gasteiger partial charge is 0.348 e. The molecule has 31 heavy (non-hydrogen) atoms. The molecule has 4 rings (SSSR count). The highest BCUT2D eigenvalue weighted by Gasteiger charge is 2.08. The summed E-state index contributed by atoms with van der Waals surface area (Å²) in [6.45, 7) is 2.49. The maximum Gasteiger partial charge on any atom is 0.251 e. The number of halogens is 1. The van der Waals surface area contributed by atoms with Crippen molar-refractivity contribution < 1.29 is 9.18 Å². The first-order valence-corrected chi connectivity index (χ1v) is 9.86. The highest BCUT2D eigenvalue weighted by molar-refractivity contribution is 5.95. The summed E-state index contributed by atoms with van der Waals surface area (Å²) in [7, 11) is 0. The number of amides is 1. The van der Waals surface area contributed by atoms with Crippen LogP contribution in [-0.4, -0.2) is 15.9 Å². The SMILES string of the molecule is Cc1ccc(CNC(=O)c2cccc(Nc3cc(-c4ccc(F)cc4)ncn3)c2)cc1. The van der Waals surface area contributed by atoms with Gasteiger partial charge in [0.25, 0.3) is 5.91 Å². The van der Waals surface area contributed by atoms with Crippen LogP contribution in [0.4, 0.5) is 15.9 Å². The Labute approximate surface area is 180 Å². The second-order valence-electron chi connectivity index (χ2n) is 7.17. The van der Waals surface area contributed by atoms with E-state index in [2.05, 4.69) is 20.6 Å². The Bertz CT molecular complexity index is 1190. The van der Waals surface area contributed by atoms with E-state index in [1.54, 1.807) is 30.3 Å². The van der Waals surface area contributed by atoms with Gasteiger partial charge in [-0.15, -0.1) is 0 Å². The molecule has 0 saturated heterocycles. The quantitative estimate of drug-likeness (QED) is 0.453. The van der Waals surface area contributed by atoms with Crippen molar-refractivity contribution in [2.24, 2.45) is 0 Å². The first-order chi connectivity index (χ1) is 15.1. The normalized spacial score (nSPS) is 10.5. The minimum absolute atomic E-state index is 0.154. The Balaban J connectivity index is 1.44. The molecule has 1 amide bonds. The van der Waals surface area contributed by atoms with Crippen molar-refractivity contribution in [1.82, 2.24) is 15.3 Å². The second kappa shape index (κ2) is 9.17. The minimum atomic E-state index is -0.298. The maximum atomic E-state index is 13.2. The number of nitrogens with zero attached hydrogens (tertiary/aromatic N) is 2. The van der Waals surface area contributed by atoms with Crippen LogP contribution >= 0.6 is 0 Å². The fourth-order valence-corrected chi connectivity index (χ4v) is 3.08. The van der Waals surface area contributed by atoms with Gasteiger partial charge >= 0.3 is 0 Å². The molecular weight excluding hydrogens is 391 g/mol. The molecule has 0 aliphatic rings. The molecular formula is C25H21FN4O. The zero-order valence-electron chi connectivity index (χ0n) is 17.0. The van der Waals surface area contributed by atoms with Gasteiger partial charge in [-0.2, -0.15) is 0 Å². The molecule has 4 aromatic rings. The number of rotatable bonds is 6. The number of hydrogen-bond donors (Lipinski definition) is 2. The van der Waals surface area contributed by atoms with Gasteiger partial charge < -0.3 is 10.6 Å². The van der Waals surface area contributed by atoms with Gasteiger partial charge in [-0.05, 0) is 55.0 Å². The lowest BCUT2D eigenvalue weighted by atomic mass is 10.1. The average Bonchev–Trinajstić information content (AvgIpc) is 2.79. The van der Waals surface area contributed by atoms with E-state index in [-0.39, 0.29) is 11.7 Å². The summed E-state index contributed by atoms with van der Waals surface area (Å²) >= 11 is 0. The van der Waals surface area contributed by atoms with E-state index in [4.69, 9.17) is 0 Å². The molecule has 0 aliphatic carbocycles. The van der Waals surface area contributed by atoms with Crippen molar-refractivity contribution in [1.29, 1.82) is 0 Å². The average molecular weight is 412 g/mol. The summed E-state index contributed by atoms with van der Waals surface area (Å²) in [6.07, 6.45) is 1.44. The molecule has 0 bridgehead atoms. The monoisotopic (exact) mass is 412 g/mol. The molecule has 0 fully saturated rings. The second-order valence-corrected chi connectivity index (χ2v) is 7.17. The predicted molar refractivity (Wildman–Crippen MR) is 119 cm³/mol. The lowest BCUT2D eigenvalue weighted by Crippen LogP contribution is -2.22. The van der Waals surface area contributed by atoms with Crippen LogP contribution in [0.25, 0.3) is 11.3 Å². The van der Waals surface area contributed by atoms with Gasteiger partial charge in [0.05, 0.1) is 5.69 Å². The molecule has 0 atom stereocenters. The lowest BCUT2D eigenvalue weighted by Gasteiger charge is -2.10. The van der Waals surface area contributed by atoms with Gasteiger partial charge in [-0.1, -0.05) is 35.9 Å². The van der Waals surface area contributed by atoms with Crippen LogP contribution in [0.2, 0.25) is 0 Å². The van der Waals surface area contributed by atoms with Crippen LogP contribution in [0.15, 0.2) is 85.2 Å². The van der Waals surface area contributed by atoms with Gasteiger partial charge in [0.2, 0.25) is 0 Å². The molecule has 0 radical (unpaired) electrons. The van der Waals surface area contributed by atoms with Crippen molar-refractivity contribution >= 4 is 17.4 Å². The van der Waals surface area contributed by atoms with Gasteiger partial charge in [0, 0.05) is 29.4 Å². The van der Waals surface area contributed by atoms with Gasteiger partial charge in [-0.3, -0.25) is 4.79 Å². The van der Waals surface area contributed by atoms with Gasteiger partial charge in [0.15, 0.2) is 0 Å². The highest BCUT2D eigenvalue weighted by atomic mass is 19.1. The molecule has 0 aliphatic heterocycles. The van der Waals surface area contributed by atoms with Crippen molar-refractivity contribution in [2.75, 3.05) is 5.32 Å². The number of benzene rings is 3. The van der Waals surface area contributed by atoms with Crippen LogP contribution in [0.3, 0.4) is 0 Å². The van der Waals surface area contributed by atoms with Gasteiger partial charge in [-0.25, -0.2) is 14.4 Å². The molecule has 5 nitrogen and oxygen atoms in total. The number of aryl methyl sites for hydroxylation is 1. The predicted octanol–water partition coefficient (Wildman–Crippen LogP) is 5.26. The van der Waals surface area contributed by atoms with E-state index in [9.17, 15) is 9.18 Å². The number of carbonyl (C=O) groups excluding carboxylic acids is 1. The third-order valence-corrected chi connectivity index (χ3v) is 4.78. The van der Waals surface area contributed by atoms with Gasteiger partial charge in [0.1, 0.15) is 18.0 Å². The van der Waals surface area contributed by atoms with E-state index in [0.29, 0.717) is 23.6 Å². The number of hydrogen-bond acceptors (Lipinski definition) is 4. The van der Waals surface area contributed by atoms with Crippen LogP contribution in [0.1, 0.15) is 21.5 Å². The van der Waals surface area contributed by atoms with Crippen molar-refractivity contribution in [3.63, 3.8) is 0 Å². The first kappa shape index (κ1) is 20.2. The zero-order chi connectivity index (χ0) is 21.6. The summed E-state index contributed by atoms with van der Waals surface area (Å²) in [5.74, 6) is 0.124. The Morgan fingerprint density at radius 3 is 2.48 bits per heavy atom. The van der Waals surface area contributed by atoms with E-state index in [1.165, 1.54) is 24.0 Å². The summed E-state index contributed by atoms with van der Waals surface area (Å²) in [4.78, 5) is 21.0. The smallest absolute Gasteiger partial charge is 0.251 e. The van der Waals surface area contributed by atoms with E-state index < -0.39 is 0 Å². The number of nitrogens with one attached hydrogen (secondary N) is 2. The first-order valence-electron chi connectivity index (χ1n) is 9.86. The Kier molecular flexibility index (Phi) is 5.98. The topological polar surface area (TPSA) is 66.9 Å². The third kappa shape index (κ3) is 5.30. The molecule has 6 heteroatoms. The molecule has 0 saturated carbocycles. The minimum Gasteiger partial charge on any atom is -0.348 e. The van der Waals surface area contributed by atoms with Crippen LogP contribution in [0, 0.1) is 12.7 Å². The number of anilines is 2. The standard InChI is InChI=1S/C25H21FN4O/c1-17-5-7-18(8-6-17)15-27-25(31)20-3-2-4-22(13-20)30-24-14-23(28-16-29-24)19-9-11-21(26)12-10-19/h2-14,16H,15H2,1H3,(H,27,31)(H,28,29,30). The third-order valence-electron chi connectivity index (χ3n) is 4.78. The fourth-order valence-electron chi connectivity index (χ4n) is 3.08. The lowest BCUT2D eigenvalue weighted by molar-refractivity contribution is 0.0951. The molecule has 1 aromatic heterocycles. The van der Waals surface area contributed by atoms with E-state index in [1.807, 2.05) is 43.3 Å². The number of aromatic nitrogens is 2. The zero-order valence-corrected chi connectivity index (χ0v) is 17.0. The summed E-state index contributed by atoms with van der Waals surface area (Å²) in [5.41, 5.74) is 4.96.